The SMILES string of the molecule is C[C@@H]1CC[C@]2(C)C(=O)C=C[C@@H]2C1. The van der Waals surface area contributed by atoms with Crippen LogP contribution >= 0.6 is 0 Å². The van der Waals surface area contributed by atoms with Crippen LogP contribution in [0.15, 0.2) is 12.2 Å². The van der Waals surface area contributed by atoms with Crippen molar-refractivity contribution < 1.29 is 4.79 Å². The fourth-order valence-electron chi connectivity index (χ4n) is 2.53. The predicted octanol–water partition coefficient (Wildman–Crippen LogP) is 2.57. The van der Waals surface area contributed by atoms with Crippen molar-refractivity contribution in [1.82, 2.24) is 0 Å². The maximum Gasteiger partial charge on any atom is 0.161 e. The van der Waals surface area contributed by atoms with Gasteiger partial charge in [0.25, 0.3) is 0 Å². The number of hydrogen-bond acceptors (Lipinski definition) is 1. The average molecular weight is 164 g/mol. The molecule has 0 heterocycles. The van der Waals surface area contributed by atoms with E-state index in [0.717, 1.165) is 12.3 Å². The summed E-state index contributed by atoms with van der Waals surface area (Å²) in [6.07, 6.45) is 7.44. The summed E-state index contributed by atoms with van der Waals surface area (Å²) in [7, 11) is 0. The maximum atomic E-state index is 11.6. The van der Waals surface area contributed by atoms with E-state index in [4.69, 9.17) is 0 Å². The number of ketones is 1. The molecule has 2 rings (SSSR count). The van der Waals surface area contributed by atoms with Crippen LogP contribution in [0.25, 0.3) is 0 Å². The third-order valence-corrected chi connectivity index (χ3v) is 3.67. The molecule has 0 unspecified atom stereocenters. The molecule has 12 heavy (non-hydrogen) atoms. The second kappa shape index (κ2) is 2.45. The second-order valence-corrected chi connectivity index (χ2v) is 4.63. The predicted molar refractivity (Wildman–Crippen MR) is 48.8 cm³/mol. The van der Waals surface area contributed by atoms with Crippen molar-refractivity contribution in [3.8, 4) is 0 Å². The van der Waals surface area contributed by atoms with Gasteiger partial charge < -0.3 is 0 Å². The molecule has 1 fully saturated rings. The Labute approximate surface area is 73.8 Å². The van der Waals surface area contributed by atoms with Gasteiger partial charge in [-0.15, -0.1) is 0 Å². The Morgan fingerprint density at radius 3 is 3.08 bits per heavy atom. The molecule has 0 bridgehead atoms. The van der Waals surface area contributed by atoms with E-state index in [1.807, 2.05) is 0 Å². The van der Waals surface area contributed by atoms with Crippen molar-refractivity contribution in [3.05, 3.63) is 12.2 Å². The van der Waals surface area contributed by atoms with E-state index in [0.29, 0.717) is 11.7 Å². The van der Waals surface area contributed by atoms with E-state index < -0.39 is 0 Å². The highest BCUT2D eigenvalue weighted by atomic mass is 16.1. The Morgan fingerprint density at radius 1 is 1.58 bits per heavy atom. The third kappa shape index (κ3) is 0.954. The minimum Gasteiger partial charge on any atom is -0.294 e. The standard InChI is InChI=1S/C11H16O/c1-8-5-6-11(2)9(7-8)3-4-10(11)12/h3-4,8-9H,5-7H2,1-2H3/t8-,9-,11+/m1/s1. The first kappa shape index (κ1) is 8.03. The summed E-state index contributed by atoms with van der Waals surface area (Å²) in [5.41, 5.74) is -0.0213. The molecule has 0 aliphatic heterocycles. The van der Waals surface area contributed by atoms with Crippen LogP contribution in [-0.2, 0) is 4.79 Å². The number of fused-ring (bicyclic) bond motifs is 1. The molecule has 2 aliphatic carbocycles. The molecular weight excluding hydrogens is 148 g/mol. The summed E-state index contributed by atoms with van der Waals surface area (Å²) in [4.78, 5) is 11.6. The summed E-state index contributed by atoms with van der Waals surface area (Å²) in [5.74, 6) is 1.70. The van der Waals surface area contributed by atoms with E-state index >= 15 is 0 Å². The van der Waals surface area contributed by atoms with Crippen molar-refractivity contribution >= 4 is 5.78 Å². The van der Waals surface area contributed by atoms with E-state index in [9.17, 15) is 4.79 Å². The average Bonchev–Trinajstić information content (AvgIpc) is 2.31. The van der Waals surface area contributed by atoms with Crippen molar-refractivity contribution in [1.29, 1.82) is 0 Å². The number of rotatable bonds is 0. The Balaban J connectivity index is 2.23. The number of carbonyl (C=O) groups excluding carboxylic acids is 1. The first-order valence-corrected chi connectivity index (χ1v) is 4.85. The fraction of sp³-hybridized carbons (Fsp3) is 0.727. The van der Waals surface area contributed by atoms with E-state index in [1.54, 1.807) is 6.08 Å². The van der Waals surface area contributed by atoms with Crippen molar-refractivity contribution in [2.45, 2.75) is 33.1 Å². The van der Waals surface area contributed by atoms with Crippen LogP contribution in [0.1, 0.15) is 33.1 Å². The number of carbonyl (C=O) groups is 1. The molecule has 0 aromatic heterocycles. The first-order chi connectivity index (χ1) is 5.63. The first-order valence-electron chi connectivity index (χ1n) is 4.85. The zero-order chi connectivity index (χ0) is 8.77. The van der Waals surface area contributed by atoms with Crippen LogP contribution in [0.3, 0.4) is 0 Å². The molecule has 2 aliphatic rings. The molecule has 1 heteroatoms. The van der Waals surface area contributed by atoms with Gasteiger partial charge in [0.05, 0.1) is 0 Å². The minimum absolute atomic E-state index is 0.0213. The second-order valence-electron chi connectivity index (χ2n) is 4.63. The monoisotopic (exact) mass is 164 g/mol. The maximum absolute atomic E-state index is 11.6. The van der Waals surface area contributed by atoms with Crippen LogP contribution in [0.4, 0.5) is 0 Å². The molecule has 0 radical (unpaired) electrons. The lowest BCUT2D eigenvalue weighted by atomic mass is 9.66. The van der Waals surface area contributed by atoms with Gasteiger partial charge in [-0.05, 0) is 37.2 Å². The third-order valence-electron chi connectivity index (χ3n) is 3.67. The van der Waals surface area contributed by atoms with Crippen LogP contribution in [0.2, 0.25) is 0 Å². The Hall–Kier alpha value is -0.590. The molecule has 1 saturated carbocycles. The Bertz CT molecular complexity index is 241. The molecule has 0 aromatic rings. The van der Waals surface area contributed by atoms with Gasteiger partial charge in [0.15, 0.2) is 5.78 Å². The molecule has 3 atom stereocenters. The van der Waals surface area contributed by atoms with Gasteiger partial charge in [-0.2, -0.15) is 0 Å². The molecule has 0 aromatic carbocycles. The molecule has 0 amide bonds. The minimum atomic E-state index is -0.0213. The molecule has 0 N–H and O–H groups in total. The van der Waals surface area contributed by atoms with E-state index in [-0.39, 0.29) is 5.41 Å². The molecular formula is C11H16O. The fourth-order valence-corrected chi connectivity index (χ4v) is 2.53. The van der Waals surface area contributed by atoms with Crippen molar-refractivity contribution in [2.24, 2.45) is 17.3 Å². The lowest BCUT2D eigenvalue weighted by molar-refractivity contribution is -0.125. The van der Waals surface area contributed by atoms with Crippen LogP contribution in [0.5, 0.6) is 0 Å². The molecule has 0 spiro atoms. The summed E-state index contributed by atoms with van der Waals surface area (Å²) in [6.45, 7) is 4.42. The lowest BCUT2D eigenvalue weighted by Gasteiger charge is -2.37. The van der Waals surface area contributed by atoms with Crippen molar-refractivity contribution in [2.75, 3.05) is 0 Å². The molecule has 66 valence electrons. The number of hydrogen-bond donors (Lipinski definition) is 0. The molecule has 0 saturated heterocycles. The highest BCUT2D eigenvalue weighted by Crippen LogP contribution is 2.47. The van der Waals surface area contributed by atoms with Gasteiger partial charge in [-0.25, -0.2) is 0 Å². The van der Waals surface area contributed by atoms with Gasteiger partial charge in [0.2, 0.25) is 0 Å². The van der Waals surface area contributed by atoms with Gasteiger partial charge in [-0.1, -0.05) is 19.9 Å². The Morgan fingerprint density at radius 2 is 2.33 bits per heavy atom. The summed E-state index contributed by atoms with van der Waals surface area (Å²) in [5, 5.41) is 0. The highest BCUT2D eigenvalue weighted by molar-refractivity contribution is 5.97. The lowest BCUT2D eigenvalue weighted by Crippen LogP contribution is -2.34. The summed E-state index contributed by atoms with van der Waals surface area (Å²) in [6, 6.07) is 0. The smallest absolute Gasteiger partial charge is 0.161 e. The summed E-state index contributed by atoms with van der Waals surface area (Å²) < 4.78 is 0. The van der Waals surface area contributed by atoms with E-state index in [1.165, 1.54) is 12.8 Å². The Kier molecular flexibility index (Phi) is 1.64. The van der Waals surface area contributed by atoms with Crippen LogP contribution in [0, 0.1) is 17.3 Å². The summed E-state index contributed by atoms with van der Waals surface area (Å²) >= 11 is 0. The largest absolute Gasteiger partial charge is 0.294 e. The van der Waals surface area contributed by atoms with Gasteiger partial charge in [0, 0.05) is 5.41 Å². The van der Waals surface area contributed by atoms with Gasteiger partial charge >= 0.3 is 0 Å². The van der Waals surface area contributed by atoms with Gasteiger partial charge in [-0.3, -0.25) is 4.79 Å². The molecule has 1 nitrogen and oxygen atoms in total. The zero-order valence-corrected chi connectivity index (χ0v) is 7.84. The highest BCUT2D eigenvalue weighted by Gasteiger charge is 2.45. The number of allylic oxidation sites excluding steroid dienone is 2. The topological polar surface area (TPSA) is 17.1 Å². The van der Waals surface area contributed by atoms with Crippen LogP contribution < -0.4 is 0 Å². The van der Waals surface area contributed by atoms with E-state index in [2.05, 4.69) is 19.9 Å². The van der Waals surface area contributed by atoms with Crippen molar-refractivity contribution in [3.63, 3.8) is 0 Å². The quantitative estimate of drug-likeness (QED) is 0.537. The normalized spacial score (nSPS) is 46.3. The van der Waals surface area contributed by atoms with Crippen LogP contribution in [-0.4, -0.2) is 5.78 Å². The van der Waals surface area contributed by atoms with Gasteiger partial charge in [0.1, 0.15) is 0 Å². The zero-order valence-electron chi connectivity index (χ0n) is 7.84.